The normalized spacial score (nSPS) is 25.2. The van der Waals surface area contributed by atoms with Crippen LogP contribution in [0.1, 0.15) is 19.5 Å². The third-order valence-electron chi connectivity index (χ3n) is 3.72. The number of nitrogens with two attached hydrogens (primary N) is 1. The summed E-state index contributed by atoms with van der Waals surface area (Å²) < 4.78 is 0. The van der Waals surface area contributed by atoms with Crippen LogP contribution in [0.25, 0.3) is 0 Å². The van der Waals surface area contributed by atoms with Gasteiger partial charge in [-0.3, -0.25) is 9.88 Å². The van der Waals surface area contributed by atoms with E-state index in [0.717, 1.165) is 18.8 Å². The van der Waals surface area contributed by atoms with E-state index in [0.29, 0.717) is 22.8 Å². The van der Waals surface area contributed by atoms with Crippen molar-refractivity contribution in [2.45, 2.75) is 25.9 Å². The Bertz CT molecular complexity index is 436. The lowest BCUT2D eigenvalue weighted by molar-refractivity contribution is 0.170. The standard InChI is InChI=1S/C13H20N4S/c1-9-7-17(8-10(2)16(9)3)11-4-5-15-12(6-11)13(14)18/h4-6,9-10H,7-8H2,1-3H3,(H2,14,18). The molecular formula is C13H20N4S. The van der Waals surface area contributed by atoms with Crippen LogP contribution in [0.2, 0.25) is 0 Å². The molecule has 1 aromatic rings. The number of hydrogen-bond acceptors (Lipinski definition) is 4. The van der Waals surface area contributed by atoms with E-state index in [1.807, 2.05) is 12.1 Å². The summed E-state index contributed by atoms with van der Waals surface area (Å²) in [7, 11) is 2.18. The highest BCUT2D eigenvalue weighted by Gasteiger charge is 2.26. The van der Waals surface area contributed by atoms with Gasteiger partial charge in [-0.15, -0.1) is 0 Å². The minimum absolute atomic E-state index is 0.354. The Hall–Kier alpha value is -1.20. The molecule has 2 N–H and O–H groups in total. The first-order valence-electron chi connectivity index (χ1n) is 6.21. The van der Waals surface area contributed by atoms with Gasteiger partial charge in [0.1, 0.15) is 4.99 Å². The summed E-state index contributed by atoms with van der Waals surface area (Å²) in [4.78, 5) is 9.32. The van der Waals surface area contributed by atoms with Crippen molar-refractivity contribution < 1.29 is 0 Å². The molecule has 98 valence electrons. The zero-order chi connectivity index (χ0) is 13.3. The molecule has 0 aliphatic carbocycles. The predicted molar refractivity (Wildman–Crippen MR) is 79.0 cm³/mol. The molecule has 2 heterocycles. The lowest BCUT2D eigenvalue weighted by Gasteiger charge is -2.43. The lowest BCUT2D eigenvalue weighted by atomic mass is 10.1. The van der Waals surface area contributed by atoms with Gasteiger partial charge in [0, 0.05) is 37.1 Å². The maximum atomic E-state index is 5.63. The number of thiocarbonyl (C=S) groups is 1. The smallest absolute Gasteiger partial charge is 0.122 e. The summed E-state index contributed by atoms with van der Waals surface area (Å²) in [6.07, 6.45) is 1.78. The molecule has 0 aromatic carbocycles. The molecular weight excluding hydrogens is 244 g/mol. The van der Waals surface area contributed by atoms with Gasteiger partial charge >= 0.3 is 0 Å². The van der Waals surface area contributed by atoms with Crippen LogP contribution in [0.4, 0.5) is 5.69 Å². The van der Waals surface area contributed by atoms with Crippen molar-refractivity contribution in [3.05, 3.63) is 24.0 Å². The van der Waals surface area contributed by atoms with Crippen molar-refractivity contribution in [2.75, 3.05) is 25.0 Å². The molecule has 0 radical (unpaired) electrons. The van der Waals surface area contributed by atoms with Gasteiger partial charge in [0.2, 0.25) is 0 Å². The van der Waals surface area contributed by atoms with Crippen molar-refractivity contribution in [3.8, 4) is 0 Å². The number of likely N-dealkylation sites (N-methyl/N-ethyl adjacent to an activating group) is 1. The van der Waals surface area contributed by atoms with Gasteiger partial charge in [-0.25, -0.2) is 0 Å². The highest BCUT2D eigenvalue weighted by molar-refractivity contribution is 7.80. The summed E-state index contributed by atoms with van der Waals surface area (Å²) in [6.45, 7) is 6.53. The molecule has 0 amide bonds. The van der Waals surface area contributed by atoms with Gasteiger partial charge in [-0.05, 0) is 33.0 Å². The summed E-state index contributed by atoms with van der Waals surface area (Å²) in [6, 6.07) is 5.07. The number of aromatic nitrogens is 1. The SMILES string of the molecule is CC1CN(c2ccnc(C(N)=S)c2)CC(C)N1C. The van der Waals surface area contributed by atoms with Crippen LogP contribution >= 0.6 is 12.2 Å². The Labute approximate surface area is 114 Å². The molecule has 0 spiro atoms. The summed E-state index contributed by atoms with van der Waals surface area (Å²) in [5.41, 5.74) is 7.48. The topological polar surface area (TPSA) is 45.4 Å². The molecule has 0 bridgehead atoms. The molecule has 2 unspecified atom stereocenters. The second-order valence-electron chi connectivity index (χ2n) is 5.03. The van der Waals surface area contributed by atoms with E-state index in [1.54, 1.807) is 6.20 Å². The zero-order valence-corrected chi connectivity index (χ0v) is 11.9. The average Bonchev–Trinajstić information content (AvgIpc) is 2.35. The van der Waals surface area contributed by atoms with Gasteiger partial charge in [0.25, 0.3) is 0 Å². The molecule has 4 nitrogen and oxygen atoms in total. The number of piperazine rings is 1. The largest absolute Gasteiger partial charge is 0.388 e. The average molecular weight is 264 g/mol. The van der Waals surface area contributed by atoms with Gasteiger partial charge in [0.15, 0.2) is 0 Å². The first-order valence-corrected chi connectivity index (χ1v) is 6.62. The van der Waals surface area contributed by atoms with Gasteiger partial charge in [-0.2, -0.15) is 0 Å². The number of nitrogens with zero attached hydrogens (tertiary/aromatic N) is 3. The molecule has 18 heavy (non-hydrogen) atoms. The second-order valence-corrected chi connectivity index (χ2v) is 5.47. The molecule has 1 fully saturated rings. The third kappa shape index (κ3) is 2.62. The van der Waals surface area contributed by atoms with E-state index in [2.05, 4.69) is 35.7 Å². The molecule has 2 rings (SSSR count). The van der Waals surface area contributed by atoms with E-state index < -0.39 is 0 Å². The van der Waals surface area contributed by atoms with Gasteiger partial charge in [0.05, 0.1) is 5.69 Å². The molecule has 1 aliphatic heterocycles. The third-order valence-corrected chi connectivity index (χ3v) is 3.93. The summed E-state index contributed by atoms with van der Waals surface area (Å²) >= 11 is 4.98. The van der Waals surface area contributed by atoms with Crippen molar-refractivity contribution in [3.63, 3.8) is 0 Å². The number of rotatable bonds is 2. The highest BCUT2D eigenvalue weighted by Crippen LogP contribution is 2.21. The van der Waals surface area contributed by atoms with E-state index in [-0.39, 0.29) is 0 Å². The number of hydrogen-bond donors (Lipinski definition) is 1. The van der Waals surface area contributed by atoms with Crippen LogP contribution in [0.5, 0.6) is 0 Å². The molecule has 0 saturated carbocycles. The van der Waals surface area contributed by atoms with Crippen LogP contribution in [0, 0.1) is 0 Å². The van der Waals surface area contributed by atoms with Crippen LogP contribution < -0.4 is 10.6 Å². The Balaban J connectivity index is 2.21. The first kappa shape index (κ1) is 13.2. The molecule has 5 heteroatoms. The highest BCUT2D eigenvalue weighted by atomic mass is 32.1. The van der Waals surface area contributed by atoms with E-state index in [1.165, 1.54) is 0 Å². The Kier molecular flexibility index (Phi) is 3.82. The maximum absolute atomic E-state index is 5.63. The van der Waals surface area contributed by atoms with Crippen LogP contribution in [0.3, 0.4) is 0 Å². The summed E-state index contributed by atoms with van der Waals surface area (Å²) in [5.74, 6) is 0. The fraction of sp³-hybridized carbons (Fsp3) is 0.538. The predicted octanol–water partition coefficient (Wildman–Crippen LogP) is 1.24. The van der Waals surface area contributed by atoms with Gasteiger partial charge < -0.3 is 10.6 Å². The van der Waals surface area contributed by atoms with E-state index in [9.17, 15) is 0 Å². The fourth-order valence-corrected chi connectivity index (χ4v) is 2.48. The van der Waals surface area contributed by atoms with Crippen molar-refractivity contribution >= 4 is 22.9 Å². The molecule has 2 atom stereocenters. The molecule has 1 aliphatic rings. The minimum atomic E-state index is 0.354. The second kappa shape index (κ2) is 5.20. The van der Waals surface area contributed by atoms with Gasteiger partial charge in [-0.1, -0.05) is 12.2 Å². The van der Waals surface area contributed by atoms with Crippen LogP contribution in [-0.2, 0) is 0 Å². The van der Waals surface area contributed by atoms with Crippen molar-refractivity contribution in [1.29, 1.82) is 0 Å². The maximum Gasteiger partial charge on any atom is 0.122 e. The van der Waals surface area contributed by atoms with Crippen molar-refractivity contribution in [2.24, 2.45) is 5.73 Å². The van der Waals surface area contributed by atoms with Crippen LogP contribution in [-0.4, -0.2) is 47.1 Å². The summed E-state index contributed by atoms with van der Waals surface area (Å²) in [5, 5.41) is 0. The number of anilines is 1. The monoisotopic (exact) mass is 264 g/mol. The molecule has 1 saturated heterocycles. The van der Waals surface area contributed by atoms with E-state index >= 15 is 0 Å². The first-order chi connectivity index (χ1) is 8.49. The zero-order valence-electron chi connectivity index (χ0n) is 11.1. The quantitative estimate of drug-likeness (QED) is 0.814. The van der Waals surface area contributed by atoms with Crippen molar-refractivity contribution in [1.82, 2.24) is 9.88 Å². The van der Waals surface area contributed by atoms with E-state index in [4.69, 9.17) is 18.0 Å². The fourth-order valence-electron chi connectivity index (χ4n) is 2.37. The Morgan fingerprint density at radius 3 is 2.56 bits per heavy atom. The lowest BCUT2D eigenvalue weighted by Crippen LogP contribution is -2.55. The van der Waals surface area contributed by atoms with Crippen LogP contribution in [0.15, 0.2) is 18.3 Å². The Morgan fingerprint density at radius 1 is 1.39 bits per heavy atom. The Morgan fingerprint density at radius 2 is 2.00 bits per heavy atom. The number of pyridine rings is 1. The minimum Gasteiger partial charge on any atom is -0.388 e. The molecule has 1 aromatic heterocycles.